The summed E-state index contributed by atoms with van der Waals surface area (Å²) in [5.41, 5.74) is 9.60. The molecule has 0 unspecified atom stereocenters. The molecule has 0 bridgehead atoms. The predicted octanol–water partition coefficient (Wildman–Crippen LogP) is 2.76. The summed E-state index contributed by atoms with van der Waals surface area (Å²) < 4.78 is 38.5. The molecule has 240 valence electrons. The number of nitrogens with zero attached hydrogens (tertiary/aromatic N) is 4. The van der Waals surface area contributed by atoms with Crippen LogP contribution in [0.4, 0.5) is 0 Å². The van der Waals surface area contributed by atoms with Crippen LogP contribution in [-0.4, -0.2) is 97.6 Å². The minimum atomic E-state index is -1.33. The second-order valence-corrected chi connectivity index (χ2v) is 9.66. The summed E-state index contributed by atoms with van der Waals surface area (Å²) in [6.07, 6.45) is -3.12. The lowest BCUT2D eigenvalue weighted by molar-refractivity contribution is -0.306. The second kappa shape index (κ2) is 19.1. The van der Waals surface area contributed by atoms with Gasteiger partial charge in [-0.05, 0) is 29.4 Å². The van der Waals surface area contributed by atoms with E-state index in [1.54, 1.807) is 17.1 Å². The third kappa shape index (κ3) is 13.0. The molecule has 5 atom stereocenters. The number of thiocarbonyl (C=S) groups is 1. The van der Waals surface area contributed by atoms with Gasteiger partial charge in [-0.2, -0.15) is 0 Å². The predicted molar refractivity (Wildman–Crippen MR) is 156 cm³/mol. The van der Waals surface area contributed by atoms with E-state index < -0.39 is 54.6 Å². The quantitative estimate of drug-likeness (QED) is 0.0521. The summed E-state index contributed by atoms with van der Waals surface area (Å²) in [6.45, 7) is 5.24. The van der Waals surface area contributed by atoms with Gasteiger partial charge in [-0.15, -0.1) is 0 Å². The molecular formula is C28H36N4O11S. The van der Waals surface area contributed by atoms with Gasteiger partial charge in [0.25, 0.3) is 5.17 Å². The van der Waals surface area contributed by atoms with Crippen molar-refractivity contribution in [3.05, 3.63) is 58.5 Å². The maximum Gasteiger partial charge on any atom is 0.303 e. The monoisotopic (exact) mass is 636 g/mol. The van der Waals surface area contributed by atoms with E-state index >= 15 is 0 Å². The van der Waals surface area contributed by atoms with Crippen molar-refractivity contribution in [2.75, 3.05) is 32.9 Å². The Morgan fingerprint density at radius 3 is 2.14 bits per heavy atom. The maximum atomic E-state index is 11.9. The largest absolute Gasteiger partial charge is 0.467 e. The molecule has 0 spiro atoms. The van der Waals surface area contributed by atoms with Gasteiger partial charge in [0.1, 0.15) is 19.3 Å². The van der Waals surface area contributed by atoms with Crippen LogP contribution in [0.15, 0.2) is 47.6 Å². The number of benzene rings is 1. The van der Waals surface area contributed by atoms with Crippen molar-refractivity contribution >= 4 is 41.3 Å². The fraction of sp³-hybridized carbons (Fsp3) is 0.536. The molecule has 1 aromatic rings. The Morgan fingerprint density at radius 2 is 1.52 bits per heavy atom. The highest BCUT2D eigenvalue weighted by Gasteiger charge is 2.52. The Morgan fingerprint density at radius 1 is 0.909 bits per heavy atom. The molecule has 0 amide bonds. The van der Waals surface area contributed by atoms with Crippen molar-refractivity contribution in [1.29, 1.82) is 0 Å². The van der Waals surface area contributed by atoms with Gasteiger partial charge in [0.05, 0.1) is 6.61 Å². The van der Waals surface area contributed by atoms with Gasteiger partial charge in [-0.1, -0.05) is 41.5 Å². The zero-order chi connectivity index (χ0) is 32.5. The first kappa shape index (κ1) is 36.0. The third-order valence-corrected chi connectivity index (χ3v) is 6.16. The molecule has 1 fully saturated rings. The molecule has 1 heterocycles. The van der Waals surface area contributed by atoms with Gasteiger partial charge >= 0.3 is 23.9 Å². The van der Waals surface area contributed by atoms with Crippen LogP contribution in [0.3, 0.4) is 0 Å². The Balaban J connectivity index is 2.08. The zero-order valence-corrected chi connectivity index (χ0v) is 25.7. The van der Waals surface area contributed by atoms with Crippen molar-refractivity contribution in [2.24, 2.45) is 5.11 Å². The lowest BCUT2D eigenvalue weighted by Gasteiger charge is -2.43. The van der Waals surface area contributed by atoms with Gasteiger partial charge in [0.2, 0.25) is 0 Å². The summed E-state index contributed by atoms with van der Waals surface area (Å²) >= 11 is 5.43. The number of ether oxygens (including phenoxy) is 7. The molecule has 44 heavy (non-hydrogen) atoms. The van der Waals surface area contributed by atoms with E-state index in [-0.39, 0.29) is 31.5 Å². The number of hydrogen-bond acceptors (Lipinski definition) is 13. The molecule has 0 radical (unpaired) electrons. The molecule has 0 saturated carbocycles. The summed E-state index contributed by atoms with van der Waals surface area (Å²) in [5.74, 6) is -2.84. The average molecular weight is 637 g/mol. The van der Waals surface area contributed by atoms with E-state index in [9.17, 15) is 19.2 Å². The van der Waals surface area contributed by atoms with E-state index in [2.05, 4.69) is 10.0 Å². The van der Waals surface area contributed by atoms with E-state index in [1.165, 1.54) is 6.92 Å². The van der Waals surface area contributed by atoms with Gasteiger partial charge in [-0.25, -0.2) is 0 Å². The van der Waals surface area contributed by atoms with E-state index in [0.29, 0.717) is 13.1 Å². The van der Waals surface area contributed by atoms with E-state index in [1.807, 2.05) is 30.3 Å². The van der Waals surface area contributed by atoms with Crippen molar-refractivity contribution in [2.45, 2.75) is 64.9 Å². The smallest absolute Gasteiger partial charge is 0.303 e. The summed E-state index contributed by atoms with van der Waals surface area (Å²) in [4.78, 5) is 51.7. The van der Waals surface area contributed by atoms with E-state index in [0.717, 1.165) is 26.3 Å². The first-order valence-electron chi connectivity index (χ1n) is 13.5. The third-order valence-electron chi connectivity index (χ3n) is 5.78. The molecule has 1 aliphatic rings. The van der Waals surface area contributed by atoms with Crippen LogP contribution in [0.1, 0.15) is 33.3 Å². The van der Waals surface area contributed by atoms with Crippen LogP contribution in [0.2, 0.25) is 0 Å². The molecular weight excluding hydrogens is 600 g/mol. The average Bonchev–Trinajstić information content (AvgIpc) is 2.96. The molecule has 0 N–H and O–H groups in total. The number of rotatable bonds is 15. The number of hydrogen-bond donors (Lipinski definition) is 0. The van der Waals surface area contributed by atoms with Gasteiger partial charge in [0, 0.05) is 52.2 Å². The van der Waals surface area contributed by atoms with Gasteiger partial charge < -0.3 is 38.1 Å². The van der Waals surface area contributed by atoms with Crippen LogP contribution < -0.4 is 0 Å². The summed E-state index contributed by atoms with van der Waals surface area (Å²) in [7, 11) is 0. The SMILES string of the molecule is CC(=O)OC[C@H]1O[C@@H](OC/C=C\COC(=S)N(CCN=[N+]=[N-])Cc2ccccc2)[C@H](OC(C)=O)[C@@H](OC(C)=O)[C@@H]1OC(C)=O. The number of esters is 4. The topological polar surface area (TPSA) is 185 Å². The highest BCUT2D eigenvalue weighted by molar-refractivity contribution is 7.80. The first-order valence-corrected chi connectivity index (χ1v) is 14.0. The van der Waals surface area contributed by atoms with Gasteiger partial charge in [0.15, 0.2) is 24.6 Å². The summed E-state index contributed by atoms with van der Waals surface area (Å²) in [5, 5.41) is 3.76. The Bertz CT molecular complexity index is 1210. The zero-order valence-electron chi connectivity index (χ0n) is 24.9. The minimum absolute atomic E-state index is 0.0749. The molecule has 15 nitrogen and oxygen atoms in total. The molecule has 2 rings (SSSR count). The fourth-order valence-corrected chi connectivity index (χ4v) is 4.29. The van der Waals surface area contributed by atoms with Crippen LogP contribution >= 0.6 is 12.2 Å². The minimum Gasteiger partial charge on any atom is -0.467 e. The van der Waals surface area contributed by atoms with Gasteiger partial charge in [-0.3, -0.25) is 19.2 Å². The molecule has 0 aliphatic carbocycles. The van der Waals surface area contributed by atoms with E-state index in [4.69, 9.17) is 50.9 Å². The van der Waals surface area contributed by atoms with Crippen molar-refractivity contribution in [1.82, 2.24) is 4.90 Å². The molecule has 1 aliphatic heterocycles. The lowest BCUT2D eigenvalue weighted by atomic mass is 9.98. The second-order valence-electron chi connectivity index (χ2n) is 9.31. The van der Waals surface area contributed by atoms with Crippen molar-refractivity contribution < 1.29 is 52.3 Å². The number of azide groups is 1. The Labute approximate surface area is 259 Å². The van der Waals surface area contributed by atoms with Crippen molar-refractivity contribution in [3.63, 3.8) is 0 Å². The number of carbonyl (C=O) groups is 4. The van der Waals surface area contributed by atoms with Crippen LogP contribution in [-0.2, 0) is 58.9 Å². The van der Waals surface area contributed by atoms with Crippen LogP contribution in [0.25, 0.3) is 10.4 Å². The Kier molecular flexibility index (Phi) is 15.6. The van der Waals surface area contributed by atoms with Crippen LogP contribution in [0, 0.1) is 0 Å². The molecule has 1 aromatic carbocycles. The Hall–Kier alpha value is -4.24. The normalized spacial score (nSPS) is 21.0. The fourth-order valence-electron chi connectivity index (χ4n) is 4.07. The highest BCUT2D eigenvalue weighted by Crippen LogP contribution is 2.30. The molecule has 16 heteroatoms. The molecule has 0 aromatic heterocycles. The highest BCUT2D eigenvalue weighted by atomic mass is 32.1. The first-order chi connectivity index (χ1) is 21.0. The summed E-state index contributed by atoms with van der Waals surface area (Å²) in [6, 6.07) is 9.58. The molecule has 1 saturated heterocycles. The van der Waals surface area contributed by atoms with Crippen molar-refractivity contribution in [3.8, 4) is 0 Å². The van der Waals surface area contributed by atoms with Crippen LogP contribution in [0.5, 0.6) is 0 Å². The maximum absolute atomic E-state index is 11.9. The standard InChI is InChI=1S/C28H36N4O11S/c1-18(33)39-17-23-24(40-19(2)34)25(41-20(3)35)26(42-21(4)36)27(43-23)37-14-8-9-15-38-28(44)32(13-12-30-31-29)16-22-10-6-5-7-11-22/h5-11,23-27H,12-17H2,1-4H3/b9-8-/t23-,24-,25+,26-,27-/m1/s1. The number of carbonyl (C=O) groups excluding carboxylic acids is 4. The lowest BCUT2D eigenvalue weighted by Crippen LogP contribution is -2.62.